The summed E-state index contributed by atoms with van der Waals surface area (Å²) in [6.45, 7) is 11.5. The summed E-state index contributed by atoms with van der Waals surface area (Å²) in [7, 11) is 1.68. The first-order chi connectivity index (χ1) is 13.3. The predicted molar refractivity (Wildman–Crippen MR) is 115 cm³/mol. The third kappa shape index (κ3) is 7.51. The topological polar surface area (TPSA) is 34.5 Å². The van der Waals surface area contributed by atoms with Gasteiger partial charge in [0.1, 0.15) is 0 Å². The zero-order valence-corrected chi connectivity index (χ0v) is 18.1. The molecule has 154 valence electrons. The summed E-state index contributed by atoms with van der Waals surface area (Å²) < 4.78 is 7.48. The van der Waals surface area contributed by atoms with Crippen molar-refractivity contribution in [3.8, 4) is 0 Å². The molecular weight excluding hydrogens is 348 g/mol. The summed E-state index contributed by atoms with van der Waals surface area (Å²) in [5.41, 5.74) is 2.65. The van der Waals surface area contributed by atoms with E-state index >= 15 is 0 Å². The summed E-state index contributed by atoms with van der Waals surface area (Å²) in [5, 5.41) is 0. The monoisotopic (exact) mass is 384 g/mol. The molecule has 2 rings (SSSR count). The average molecular weight is 385 g/mol. The Labute approximate surface area is 170 Å². The van der Waals surface area contributed by atoms with Gasteiger partial charge in [0, 0.05) is 38.5 Å². The lowest BCUT2D eigenvalue weighted by Gasteiger charge is -2.27. The van der Waals surface area contributed by atoms with Gasteiger partial charge in [-0.3, -0.25) is 4.79 Å². The predicted octanol–water partition coefficient (Wildman–Crippen LogP) is 4.97. The van der Waals surface area contributed by atoms with E-state index in [2.05, 4.69) is 74.9 Å². The number of hydrogen-bond acceptors (Lipinski definition) is 2. The lowest BCUT2D eigenvalue weighted by Crippen LogP contribution is -2.35. The molecular formula is C24H36N2O2. The fourth-order valence-corrected chi connectivity index (χ4v) is 3.76. The Morgan fingerprint density at radius 2 is 1.86 bits per heavy atom. The molecule has 1 aromatic carbocycles. The van der Waals surface area contributed by atoms with Crippen molar-refractivity contribution in [2.24, 2.45) is 11.3 Å². The van der Waals surface area contributed by atoms with E-state index in [-0.39, 0.29) is 11.3 Å². The average Bonchev–Trinajstić information content (AvgIpc) is 3.04. The Bertz CT molecular complexity index is 716. The Morgan fingerprint density at radius 3 is 2.50 bits per heavy atom. The van der Waals surface area contributed by atoms with Gasteiger partial charge in [-0.25, -0.2) is 0 Å². The maximum Gasteiger partial charge on any atom is 0.223 e. The number of aromatic nitrogens is 1. The van der Waals surface area contributed by atoms with E-state index in [1.54, 1.807) is 7.11 Å². The van der Waals surface area contributed by atoms with Crippen LogP contribution < -0.4 is 0 Å². The molecule has 28 heavy (non-hydrogen) atoms. The largest absolute Gasteiger partial charge is 0.383 e. The maximum absolute atomic E-state index is 13.0. The molecule has 0 saturated heterocycles. The molecule has 0 N–H and O–H groups in total. The highest BCUT2D eigenvalue weighted by Gasteiger charge is 2.21. The van der Waals surface area contributed by atoms with Crippen molar-refractivity contribution in [2.75, 3.05) is 20.3 Å². The summed E-state index contributed by atoms with van der Waals surface area (Å²) in [5.74, 6) is 0.579. The Morgan fingerprint density at radius 1 is 1.14 bits per heavy atom. The standard InChI is InChI=1S/C24H36N2O2/c1-20(17-24(2,3)4)16-23(27)26(14-15-28-5)19-22-12-9-13-25(22)18-21-10-7-6-8-11-21/h6-13,20H,14-19H2,1-5H3/t20-/m1/s1. The van der Waals surface area contributed by atoms with Crippen LogP contribution >= 0.6 is 0 Å². The van der Waals surface area contributed by atoms with Gasteiger partial charge in [0.15, 0.2) is 0 Å². The second-order valence-corrected chi connectivity index (χ2v) is 9.00. The summed E-state index contributed by atoms with van der Waals surface area (Å²) >= 11 is 0. The number of nitrogens with zero attached hydrogens (tertiary/aromatic N) is 2. The fraction of sp³-hybridized carbons (Fsp3) is 0.542. The molecule has 2 aromatic rings. The molecule has 4 nitrogen and oxygen atoms in total. The van der Waals surface area contributed by atoms with Crippen LogP contribution in [0, 0.1) is 11.3 Å². The minimum absolute atomic E-state index is 0.210. The molecule has 0 unspecified atom stereocenters. The molecule has 0 bridgehead atoms. The SMILES string of the molecule is COCCN(Cc1cccn1Cc1ccccc1)C(=O)C[C@@H](C)CC(C)(C)C. The van der Waals surface area contributed by atoms with Gasteiger partial charge in [-0.05, 0) is 35.4 Å². The van der Waals surface area contributed by atoms with Gasteiger partial charge in [-0.15, -0.1) is 0 Å². The van der Waals surface area contributed by atoms with Gasteiger partial charge < -0.3 is 14.2 Å². The third-order valence-corrected chi connectivity index (χ3v) is 4.87. The van der Waals surface area contributed by atoms with E-state index in [1.807, 2.05) is 11.0 Å². The van der Waals surface area contributed by atoms with Crippen LogP contribution in [0.25, 0.3) is 0 Å². The molecule has 0 aliphatic carbocycles. The smallest absolute Gasteiger partial charge is 0.223 e. The van der Waals surface area contributed by atoms with Gasteiger partial charge in [0.05, 0.1) is 13.2 Å². The molecule has 4 heteroatoms. The number of hydrogen-bond donors (Lipinski definition) is 0. The van der Waals surface area contributed by atoms with E-state index < -0.39 is 0 Å². The zero-order valence-electron chi connectivity index (χ0n) is 18.1. The Kier molecular flexibility index (Phi) is 8.31. The lowest BCUT2D eigenvalue weighted by atomic mass is 9.84. The first kappa shape index (κ1) is 22.2. The van der Waals surface area contributed by atoms with Crippen molar-refractivity contribution in [2.45, 2.75) is 53.6 Å². The molecule has 1 aromatic heterocycles. The number of carbonyl (C=O) groups excluding carboxylic acids is 1. The number of carbonyl (C=O) groups is 1. The second kappa shape index (κ2) is 10.5. The molecule has 1 amide bonds. The Balaban J connectivity index is 2.05. The highest BCUT2D eigenvalue weighted by Crippen LogP contribution is 2.26. The molecule has 0 saturated carbocycles. The number of rotatable bonds is 10. The van der Waals surface area contributed by atoms with E-state index in [0.717, 1.165) is 18.7 Å². The third-order valence-electron chi connectivity index (χ3n) is 4.87. The lowest BCUT2D eigenvalue weighted by molar-refractivity contribution is -0.133. The van der Waals surface area contributed by atoms with Gasteiger partial charge in [-0.1, -0.05) is 58.0 Å². The zero-order chi connectivity index (χ0) is 20.6. The van der Waals surface area contributed by atoms with Crippen LogP contribution in [0.4, 0.5) is 0 Å². The van der Waals surface area contributed by atoms with E-state index in [4.69, 9.17) is 4.74 Å². The van der Waals surface area contributed by atoms with Crippen LogP contribution in [0.1, 0.15) is 51.8 Å². The Hall–Kier alpha value is -2.07. The van der Waals surface area contributed by atoms with Crippen molar-refractivity contribution in [3.05, 3.63) is 59.9 Å². The molecule has 0 aliphatic rings. The fourth-order valence-electron chi connectivity index (χ4n) is 3.76. The van der Waals surface area contributed by atoms with Crippen LogP contribution in [0.3, 0.4) is 0 Å². The molecule has 0 radical (unpaired) electrons. The molecule has 0 fully saturated rings. The normalized spacial score (nSPS) is 12.8. The van der Waals surface area contributed by atoms with Crippen LogP contribution in [0.15, 0.2) is 48.7 Å². The second-order valence-electron chi connectivity index (χ2n) is 9.00. The van der Waals surface area contributed by atoms with E-state index in [1.165, 1.54) is 5.56 Å². The number of methoxy groups -OCH3 is 1. The minimum Gasteiger partial charge on any atom is -0.383 e. The number of amides is 1. The highest BCUT2D eigenvalue weighted by atomic mass is 16.5. The highest BCUT2D eigenvalue weighted by molar-refractivity contribution is 5.76. The first-order valence-electron chi connectivity index (χ1n) is 10.2. The maximum atomic E-state index is 13.0. The summed E-state index contributed by atoms with van der Waals surface area (Å²) in [6, 6.07) is 14.6. The summed E-state index contributed by atoms with van der Waals surface area (Å²) in [6.07, 6.45) is 3.71. The van der Waals surface area contributed by atoms with Crippen LogP contribution in [-0.2, 0) is 22.6 Å². The van der Waals surface area contributed by atoms with Crippen LogP contribution in [0.5, 0.6) is 0 Å². The molecule has 0 aliphatic heterocycles. The first-order valence-corrected chi connectivity index (χ1v) is 10.2. The number of benzene rings is 1. The van der Waals surface area contributed by atoms with Gasteiger partial charge >= 0.3 is 0 Å². The van der Waals surface area contributed by atoms with Crippen molar-refractivity contribution < 1.29 is 9.53 Å². The molecule has 0 spiro atoms. The van der Waals surface area contributed by atoms with Gasteiger partial charge in [-0.2, -0.15) is 0 Å². The van der Waals surface area contributed by atoms with Crippen LogP contribution in [0.2, 0.25) is 0 Å². The quantitative estimate of drug-likeness (QED) is 0.579. The van der Waals surface area contributed by atoms with Gasteiger partial charge in [0.25, 0.3) is 0 Å². The van der Waals surface area contributed by atoms with Crippen molar-refractivity contribution in [1.29, 1.82) is 0 Å². The van der Waals surface area contributed by atoms with Crippen molar-refractivity contribution in [3.63, 3.8) is 0 Å². The minimum atomic E-state index is 0.210. The molecule has 1 heterocycles. The van der Waals surface area contributed by atoms with Crippen LogP contribution in [-0.4, -0.2) is 35.6 Å². The number of ether oxygens (including phenoxy) is 1. The van der Waals surface area contributed by atoms with Crippen molar-refractivity contribution in [1.82, 2.24) is 9.47 Å². The van der Waals surface area contributed by atoms with E-state index in [9.17, 15) is 4.79 Å². The van der Waals surface area contributed by atoms with Gasteiger partial charge in [0.2, 0.25) is 5.91 Å². The van der Waals surface area contributed by atoms with E-state index in [0.29, 0.717) is 32.0 Å². The molecule has 1 atom stereocenters. The summed E-state index contributed by atoms with van der Waals surface area (Å²) in [4.78, 5) is 14.9. The van der Waals surface area contributed by atoms with Crippen molar-refractivity contribution >= 4 is 5.91 Å².